The highest BCUT2D eigenvalue weighted by Gasteiger charge is 2.57. The van der Waals surface area contributed by atoms with Gasteiger partial charge in [0, 0.05) is 12.3 Å². The van der Waals surface area contributed by atoms with E-state index in [1.165, 1.54) is 33.3 Å². The zero-order valence-electron chi connectivity index (χ0n) is 18.0. The summed E-state index contributed by atoms with van der Waals surface area (Å²) in [5, 5.41) is 11.0. The first-order chi connectivity index (χ1) is 14.7. The molecule has 1 aromatic rings. The van der Waals surface area contributed by atoms with E-state index in [1.807, 2.05) is 0 Å². The van der Waals surface area contributed by atoms with Crippen LogP contribution in [0.2, 0.25) is 0 Å². The molecule has 0 heterocycles. The summed E-state index contributed by atoms with van der Waals surface area (Å²) in [6.45, 7) is 8.22. The van der Waals surface area contributed by atoms with Crippen LogP contribution in [0.15, 0.2) is 43.5 Å². The second kappa shape index (κ2) is 10.3. The molecule has 0 radical (unpaired) electrons. The SMILES string of the molecule is C=CCOC(=O)[C@@H]1C(=O)C[C@](C)(O)[C@@H](C(=O)OCC=C)[C@H]1c1ccc(OC)c(OC)c1. The number of ketones is 1. The third-order valence-electron chi connectivity index (χ3n) is 5.25. The molecule has 1 N–H and O–H groups in total. The Kier molecular flexibility index (Phi) is 7.99. The molecular formula is C23H28O8. The molecule has 8 nitrogen and oxygen atoms in total. The van der Waals surface area contributed by atoms with Gasteiger partial charge in [0.15, 0.2) is 17.3 Å². The van der Waals surface area contributed by atoms with Crippen molar-refractivity contribution in [2.45, 2.75) is 24.9 Å². The summed E-state index contributed by atoms with van der Waals surface area (Å²) in [4.78, 5) is 38.7. The summed E-state index contributed by atoms with van der Waals surface area (Å²) >= 11 is 0. The van der Waals surface area contributed by atoms with E-state index in [9.17, 15) is 19.5 Å². The third kappa shape index (κ3) is 5.14. The highest BCUT2D eigenvalue weighted by Crippen LogP contribution is 2.48. The summed E-state index contributed by atoms with van der Waals surface area (Å²) in [6, 6.07) is 4.78. The van der Waals surface area contributed by atoms with E-state index in [4.69, 9.17) is 18.9 Å². The predicted molar refractivity (Wildman–Crippen MR) is 112 cm³/mol. The predicted octanol–water partition coefficient (Wildman–Crippen LogP) is 2.20. The lowest BCUT2D eigenvalue weighted by Crippen LogP contribution is -2.55. The Morgan fingerprint density at radius 2 is 1.68 bits per heavy atom. The van der Waals surface area contributed by atoms with Crippen LogP contribution in [0.5, 0.6) is 11.5 Å². The van der Waals surface area contributed by atoms with E-state index in [0.29, 0.717) is 17.1 Å². The molecule has 0 spiro atoms. The van der Waals surface area contributed by atoms with Crippen LogP contribution in [0.3, 0.4) is 0 Å². The fraction of sp³-hybridized carbons (Fsp3) is 0.435. The van der Waals surface area contributed by atoms with Gasteiger partial charge < -0.3 is 24.1 Å². The molecule has 1 aliphatic rings. The van der Waals surface area contributed by atoms with Crippen molar-refractivity contribution in [3.05, 3.63) is 49.1 Å². The van der Waals surface area contributed by atoms with Crippen molar-refractivity contribution in [3.8, 4) is 11.5 Å². The Balaban J connectivity index is 2.65. The molecule has 2 rings (SSSR count). The second-order valence-electron chi connectivity index (χ2n) is 7.43. The summed E-state index contributed by atoms with van der Waals surface area (Å²) in [7, 11) is 2.91. The molecule has 1 aliphatic carbocycles. The number of ether oxygens (including phenoxy) is 4. The van der Waals surface area contributed by atoms with E-state index >= 15 is 0 Å². The first kappa shape index (κ1) is 24.1. The van der Waals surface area contributed by atoms with Crippen molar-refractivity contribution in [1.82, 2.24) is 0 Å². The number of aliphatic hydroxyl groups is 1. The van der Waals surface area contributed by atoms with Crippen molar-refractivity contribution in [2.24, 2.45) is 11.8 Å². The van der Waals surface area contributed by atoms with Gasteiger partial charge in [0.25, 0.3) is 0 Å². The molecule has 0 unspecified atom stereocenters. The van der Waals surface area contributed by atoms with Gasteiger partial charge in [0.05, 0.1) is 25.7 Å². The average molecular weight is 432 g/mol. The standard InChI is InChI=1S/C23H28O8/c1-6-10-30-21(25)19-15(24)13-23(3,27)20(22(26)31-11-7-2)18(19)14-8-9-16(28-4)17(12-14)29-5/h6-9,12,18-20,27H,1-2,10-11,13H2,3-5H3/t18-,19+,20+,23-/m0/s1. The molecule has 1 fully saturated rings. The first-order valence-corrected chi connectivity index (χ1v) is 9.73. The van der Waals surface area contributed by atoms with Crippen LogP contribution >= 0.6 is 0 Å². The molecule has 0 aliphatic heterocycles. The van der Waals surface area contributed by atoms with E-state index in [0.717, 1.165) is 0 Å². The number of Topliss-reactive ketones (excluding diaryl/α,β-unsaturated/α-hetero) is 1. The smallest absolute Gasteiger partial charge is 0.317 e. The maximum absolute atomic E-state index is 13.0. The molecule has 1 aromatic carbocycles. The molecule has 1 saturated carbocycles. The van der Waals surface area contributed by atoms with E-state index in [1.54, 1.807) is 18.2 Å². The number of rotatable bonds is 9. The maximum atomic E-state index is 13.0. The van der Waals surface area contributed by atoms with Gasteiger partial charge in [-0.05, 0) is 24.6 Å². The van der Waals surface area contributed by atoms with Gasteiger partial charge in [-0.25, -0.2) is 0 Å². The lowest BCUT2D eigenvalue weighted by Gasteiger charge is -2.43. The number of carbonyl (C=O) groups excluding carboxylic acids is 3. The van der Waals surface area contributed by atoms with E-state index < -0.39 is 47.5 Å². The van der Waals surface area contributed by atoms with Crippen LogP contribution in [-0.4, -0.2) is 55.9 Å². The van der Waals surface area contributed by atoms with Crippen LogP contribution in [0, 0.1) is 11.8 Å². The first-order valence-electron chi connectivity index (χ1n) is 9.73. The Morgan fingerprint density at radius 1 is 1.10 bits per heavy atom. The quantitative estimate of drug-likeness (QED) is 0.359. The van der Waals surface area contributed by atoms with Crippen molar-refractivity contribution in [1.29, 1.82) is 0 Å². The van der Waals surface area contributed by atoms with Crippen molar-refractivity contribution in [2.75, 3.05) is 27.4 Å². The summed E-state index contributed by atoms with van der Waals surface area (Å²) in [5.41, 5.74) is -1.32. The fourth-order valence-corrected chi connectivity index (χ4v) is 3.94. The third-order valence-corrected chi connectivity index (χ3v) is 5.25. The molecular weight excluding hydrogens is 404 g/mol. The monoisotopic (exact) mass is 432 g/mol. The molecule has 0 bridgehead atoms. The van der Waals surface area contributed by atoms with Gasteiger partial charge in [-0.1, -0.05) is 31.4 Å². The molecule has 0 amide bonds. The Labute approximate surface area is 181 Å². The van der Waals surface area contributed by atoms with Gasteiger partial charge in [-0.2, -0.15) is 0 Å². The zero-order valence-corrected chi connectivity index (χ0v) is 18.0. The topological polar surface area (TPSA) is 108 Å². The number of carbonyl (C=O) groups is 3. The van der Waals surface area contributed by atoms with Crippen molar-refractivity contribution in [3.63, 3.8) is 0 Å². The van der Waals surface area contributed by atoms with Crippen LogP contribution in [0.4, 0.5) is 0 Å². The molecule has 4 atom stereocenters. The van der Waals surface area contributed by atoms with Crippen molar-refractivity contribution >= 4 is 17.7 Å². The second-order valence-corrected chi connectivity index (χ2v) is 7.43. The fourth-order valence-electron chi connectivity index (χ4n) is 3.94. The minimum atomic E-state index is -1.75. The summed E-state index contributed by atoms with van der Waals surface area (Å²) in [6.07, 6.45) is 2.36. The summed E-state index contributed by atoms with van der Waals surface area (Å²) < 4.78 is 20.9. The lowest BCUT2D eigenvalue weighted by molar-refractivity contribution is -0.172. The molecule has 168 valence electrons. The van der Waals surface area contributed by atoms with Crippen LogP contribution in [0.1, 0.15) is 24.8 Å². The number of esters is 2. The van der Waals surface area contributed by atoms with Gasteiger partial charge in [-0.15, -0.1) is 0 Å². The number of hydrogen-bond acceptors (Lipinski definition) is 8. The van der Waals surface area contributed by atoms with Crippen LogP contribution < -0.4 is 9.47 Å². The normalized spacial score (nSPS) is 25.3. The highest BCUT2D eigenvalue weighted by atomic mass is 16.5. The summed E-state index contributed by atoms with van der Waals surface area (Å²) in [5.74, 6) is -4.91. The Morgan fingerprint density at radius 3 is 2.23 bits per heavy atom. The minimum absolute atomic E-state index is 0.0798. The van der Waals surface area contributed by atoms with Crippen LogP contribution in [0.25, 0.3) is 0 Å². The zero-order chi connectivity index (χ0) is 23.2. The number of methoxy groups -OCH3 is 2. The lowest BCUT2D eigenvalue weighted by atomic mass is 9.61. The molecule has 8 heteroatoms. The minimum Gasteiger partial charge on any atom is -0.493 e. The number of hydrogen-bond donors (Lipinski definition) is 1. The maximum Gasteiger partial charge on any atom is 0.317 e. The van der Waals surface area contributed by atoms with Crippen molar-refractivity contribution < 1.29 is 38.4 Å². The molecule has 31 heavy (non-hydrogen) atoms. The highest BCUT2D eigenvalue weighted by molar-refractivity contribution is 6.02. The number of benzene rings is 1. The van der Waals surface area contributed by atoms with E-state index in [-0.39, 0.29) is 13.2 Å². The van der Waals surface area contributed by atoms with Gasteiger partial charge >= 0.3 is 11.9 Å². The van der Waals surface area contributed by atoms with Crippen LogP contribution in [-0.2, 0) is 23.9 Å². The molecule has 0 saturated heterocycles. The Hall–Kier alpha value is -3.13. The van der Waals surface area contributed by atoms with Gasteiger partial charge in [-0.3, -0.25) is 14.4 Å². The largest absolute Gasteiger partial charge is 0.493 e. The van der Waals surface area contributed by atoms with E-state index in [2.05, 4.69) is 13.2 Å². The molecule has 0 aromatic heterocycles. The Bertz CT molecular complexity index is 857. The average Bonchev–Trinajstić information content (AvgIpc) is 2.74. The van der Waals surface area contributed by atoms with Gasteiger partial charge in [0.2, 0.25) is 0 Å². The van der Waals surface area contributed by atoms with Gasteiger partial charge in [0.1, 0.15) is 19.1 Å².